The third-order valence-corrected chi connectivity index (χ3v) is 1.88. The van der Waals surface area contributed by atoms with E-state index in [2.05, 4.69) is 10.4 Å². The van der Waals surface area contributed by atoms with Crippen LogP contribution in [-0.4, -0.2) is 53.1 Å². The molecule has 0 radical (unpaired) electrons. The molecular weight excluding hydrogens is 212 g/mol. The van der Waals surface area contributed by atoms with Gasteiger partial charge in [0.25, 0.3) is 0 Å². The SMILES string of the molecule is CN(C)CCOc1cc(NC(=O)O)n(C)n1. The van der Waals surface area contributed by atoms with E-state index in [1.807, 2.05) is 19.0 Å². The van der Waals surface area contributed by atoms with Crippen LogP contribution < -0.4 is 10.1 Å². The fourth-order valence-corrected chi connectivity index (χ4v) is 1.07. The predicted octanol–water partition coefficient (Wildman–Crippen LogP) is 0.450. The highest BCUT2D eigenvalue weighted by molar-refractivity contribution is 5.81. The minimum absolute atomic E-state index is 0.382. The third-order valence-electron chi connectivity index (χ3n) is 1.88. The molecule has 90 valence electrons. The Morgan fingerprint density at radius 2 is 2.38 bits per heavy atom. The van der Waals surface area contributed by atoms with Gasteiger partial charge < -0.3 is 14.7 Å². The van der Waals surface area contributed by atoms with Crippen LogP contribution in [0.3, 0.4) is 0 Å². The molecule has 1 heterocycles. The number of nitrogens with one attached hydrogen (secondary N) is 1. The number of anilines is 1. The molecule has 0 bridgehead atoms. The summed E-state index contributed by atoms with van der Waals surface area (Å²) in [7, 11) is 5.53. The van der Waals surface area contributed by atoms with Crippen LogP contribution in [0.4, 0.5) is 10.6 Å². The van der Waals surface area contributed by atoms with E-state index in [9.17, 15) is 4.79 Å². The maximum absolute atomic E-state index is 10.4. The molecule has 0 aliphatic rings. The standard InChI is InChI=1S/C9H16N4O3/c1-12(2)4-5-16-8-6-7(10-9(14)15)13(3)11-8/h6,10H,4-5H2,1-3H3,(H,14,15). The first kappa shape index (κ1) is 12.3. The normalized spacial score (nSPS) is 10.5. The van der Waals surface area contributed by atoms with Crippen LogP contribution in [0.5, 0.6) is 5.88 Å². The molecule has 0 aromatic carbocycles. The van der Waals surface area contributed by atoms with Crippen molar-refractivity contribution in [2.75, 3.05) is 32.6 Å². The van der Waals surface area contributed by atoms with E-state index in [0.717, 1.165) is 6.54 Å². The molecule has 1 aromatic heterocycles. The van der Waals surface area contributed by atoms with E-state index in [4.69, 9.17) is 9.84 Å². The number of carboxylic acid groups (broad SMARTS) is 1. The number of hydrogen-bond donors (Lipinski definition) is 2. The summed E-state index contributed by atoms with van der Waals surface area (Å²) >= 11 is 0. The van der Waals surface area contributed by atoms with Crippen molar-refractivity contribution in [1.29, 1.82) is 0 Å². The Kier molecular flexibility index (Phi) is 4.12. The van der Waals surface area contributed by atoms with Crippen LogP contribution >= 0.6 is 0 Å². The van der Waals surface area contributed by atoms with Gasteiger partial charge in [0.15, 0.2) is 0 Å². The molecule has 16 heavy (non-hydrogen) atoms. The van der Waals surface area contributed by atoms with Crippen LogP contribution in [-0.2, 0) is 7.05 Å². The lowest BCUT2D eigenvalue weighted by molar-refractivity contribution is 0.209. The summed E-state index contributed by atoms with van der Waals surface area (Å²) in [6.07, 6.45) is -1.12. The molecule has 0 fully saturated rings. The highest BCUT2D eigenvalue weighted by Crippen LogP contribution is 2.15. The average molecular weight is 228 g/mol. The lowest BCUT2D eigenvalue weighted by Gasteiger charge is -2.08. The molecule has 7 nitrogen and oxygen atoms in total. The molecule has 0 atom stereocenters. The number of rotatable bonds is 5. The quantitative estimate of drug-likeness (QED) is 0.765. The summed E-state index contributed by atoms with van der Waals surface area (Å²) in [6, 6.07) is 1.55. The molecule has 0 unspecified atom stereocenters. The molecule has 1 amide bonds. The van der Waals surface area contributed by atoms with Gasteiger partial charge in [-0.2, -0.15) is 0 Å². The van der Waals surface area contributed by atoms with Crippen molar-refractivity contribution in [3.63, 3.8) is 0 Å². The first-order chi connectivity index (χ1) is 7.49. The molecule has 0 aliphatic carbocycles. The zero-order valence-corrected chi connectivity index (χ0v) is 9.60. The fourth-order valence-electron chi connectivity index (χ4n) is 1.07. The second-order valence-electron chi connectivity index (χ2n) is 3.57. The number of aromatic nitrogens is 2. The molecule has 1 rings (SSSR count). The fraction of sp³-hybridized carbons (Fsp3) is 0.556. The maximum atomic E-state index is 10.4. The zero-order valence-electron chi connectivity index (χ0n) is 9.60. The first-order valence-corrected chi connectivity index (χ1v) is 4.80. The van der Waals surface area contributed by atoms with Crippen molar-refractivity contribution in [3.8, 4) is 5.88 Å². The van der Waals surface area contributed by atoms with Crippen LogP contribution in [0.1, 0.15) is 0 Å². The van der Waals surface area contributed by atoms with Crippen LogP contribution in [0.15, 0.2) is 6.07 Å². The second-order valence-corrected chi connectivity index (χ2v) is 3.57. The molecule has 0 aliphatic heterocycles. The molecule has 7 heteroatoms. The van der Waals surface area contributed by atoms with Gasteiger partial charge in [-0.25, -0.2) is 9.48 Å². The van der Waals surface area contributed by atoms with Gasteiger partial charge in [0.05, 0.1) is 0 Å². The average Bonchev–Trinajstić information content (AvgIpc) is 2.45. The van der Waals surface area contributed by atoms with Gasteiger partial charge in [-0.1, -0.05) is 0 Å². The molecule has 1 aromatic rings. The Bertz CT molecular complexity index is 362. The van der Waals surface area contributed by atoms with Gasteiger partial charge in [0.1, 0.15) is 12.4 Å². The number of likely N-dealkylation sites (N-methyl/N-ethyl adjacent to an activating group) is 1. The number of hydrogen-bond acceptors (Lipinski definition) is 4. The molecular formula is C9H16N4O3. The smallest absolute Gasteiger partial charge is 0.410 e. The van der Waals surface area contributed by atoms with E-state index >= 15 is 0 Å². The zero-order chi connectivity index (χ0) is 12.1. The lowest BCUT2D eigenvalue weighted by atomic mass is 10.6. The van der Waals surface area contributed by atoms with Crippen molar-refractivity contribution < 1.29 is 14.6 Å². The summed E-state index contributed by atoms with van der Waals surface area (Å²) in [4.78, 5) is 12.4. The van der Waals surface area contributed by atoms with E-state index in [0.29, 0.717) is 18.3 Å². The predicted molar refractivity (Wildman–Crippen MR) is 58.9 cm³/mol. The Balaban J connectivity index is 2.52. The Hall–Kier alpha value is -1.76. The highest BCUT2D eigenvalue weighted by Gasteiger charge is 2.08. The van der Waals surface area contributed by atoms with Crippen molar-refractivity contribution in [1.82, 2.24) is 14.7 Å². The Morgan fingerprint density at radius 3 is 2.94 bits per heavy atom. The van der Waals surface area contributed by atoms with Gasteiger partial charge in [0, 0.05) is 19.7 Å². The minimum Gasteiger partial charge on any atom is -0.475 e. The monoisotopic (exact) mass is 228 g/mol. The van der Waals surface area contributed by atoms with Crippen LogP contribution in [0.2, 0.25) is 0 Å². The summed E-state index contributed by atoms with van der Waals surface area (Å²) in [5, 5.41) is 14.8. The number of carbonyl (C=O) groups is 1. The van der Waals surface area contributed by atoms with Crippen molar-refractivity contribution in [3.05, 3.63) is 6.07 Å². The minimum atomic E-state index is -1.12. The Labute approximate surface area is 93.6 Å². The van der Waals surface area contributed by atoms with Crippen molar-refractivity contribution >= 4 is 11.9 Å². The van der Waals surface area contributed by atoms with E-state index in [-0.39, 0.29) is 0 Å². The first-order valence-electron chi connectivity index (χ1n) is 4.80. The summed E-state index contributed by atoms with van der Waals surface area (Å²) in [6.45, 7) is 1.29. The highest BCUT2D eigenvalue weighted by atomic mass is 16.5. The van der Waals surface area contributed by atoms with E-state index < -0.39 is 6.09 Å². The number of ether oxygens (including phenoxy) is 1. The summed E-state index contributed by atoms with van der Waals surface area (Å²) in [5.74, 6) is 0.792. The molecule has 0 saturated heterocycles. The Morgan fingerprint density at radius 1 is 1.69 bits per heavy atom. The van der Waals surface area contributed by atoms with Crippen LogP contribution in [0.25, 0.3) is 0 Å². The number of nitrogens with zero attached hydrogens (tertiary/aromatic N) is 3. The van der Waals surface area contributed by atoms with Gasteiger partial charge in [-0.15, -0.1) is 5.10 Å². The van der Waals surface area contributed by atoms with E-state index in [1.54, 1.807) is 13.1 Å². The third kappa shape index (κ3) is 3.77. The molecule has 2 N–H and O–H groups in total. The van der Waals surface area contributed by atoms with Crippen molar-refractivity contribution in [2.24, 2.45) is 7.05 Å². The largest absolute Gasteiger partial charge is 0.475 e. The topological polar surface area (TPSA) is 79.6 Å². The van der Waals surface area contributed by atoms with Gasteiger partial charge in [0.2, 0.25) is 5.88 Å². The lowest BCUT2D eigenvalue weighted by Crippen LogP contribution is -2.19. The summed E-state index contributed by atoms with van der Waals surface area (Å²) < 4.78 is 6.77. The van der Waals surface area contributed by atoms with Crippen molar-refractivity contribution in [2.45, 2.75) is 0 Å². The second kappa shape index (κ2) is 5.36. The van der Waals surface area contributed by atoms with Gasteiger partial charge in [-0.3, -0.25) is 5.32 Å². The molecule has 0 spiro atoms. The maximum Gasteiger partial charge on any atom is 0.410 e. The number of amides is 1. The van der Waals surface area contributed by atoms with Crippen LogP contribution in [0, 0.1) is 0 Å². The molecule has 0 saturated carbocycles. The van der Waals surface area contributed by atoms with Gasteiger partial charge in [-0.05, 0) is 14.1 Å². The van der Waals surface area contributed by atoms with E-state index in [1.165, 1.54) is 4.68 Å². The summed E-state index contributed by atoms with van der Waals surface area (Å²) in [5.41, 5.74) is 0. The number of aryl methyl sites for hydroxylation is 1. The van der Waals surface area contributed by atoms with Gasteiger partial charge >= 0.3 is 6.09 Å².